The Labute approximate surface area is 158 Å². The second-order valence-corrected chi connectivity index (χ2v) is 7.82. The first-order valence-corrected chi connectivity index (χ1v) is 9.70. The number of rotatable bonds is 7. The number of non-ortho nitro benzene ring substituents is 1. The van der Waals surface area contributed by atoms with Crippen molar-refractivity contribution in [2.24, 2.45) is 0 Å². The molecule has 2 aliphatic rings. The lowest BCUT2D eigenvalue weighted by Gasteiger charge is -2.09. The minimum absolute atomic E-state index is 0.125. The van der Waals surface area contributed by atoms with Gasteiger partial charge in [-0.1, -0.05) is 23.4 Å². The average molecular weight is 394 g/mol. The van der Waals surface area contributed by atoms with Gasteiger partial charge in [0.15, 0.2) is 5.16 Å². The van der Waals surface area contributed by atoms with Crippen LogP contribution in [-0.2, 0) is 4.79 Å². The van der Waals surface area contributed by atoms with Crippen molar-refractivity contribution < 1.29 is 9.72 Å². The Morgan fingerprint density at radius 3 is 2.77 bits per heavy atom. The molecule has 2 aliphatic carbocycles. The molecule has 1 heterocycles. The Kier molecular flexibility index (Phi) is 4.58. The summed E-state index contributed by atoms with van der Waals surface area (Å²) in [6.07, 6.45) is 4.56. The van der Waals surface area contributed by atoms with Crippen LogP contribution < -0.4 is 5.32 Å². The molecule has 0 bridgehead atoms. The van der Waals surface area contributed by atoms with Gasteiger partial charge < -0.3 is 9.88 Å². The van der Waals surface area contributed by atoms with E-state index in [9.17, 15) is 14.9 Å². The van der Waals surface area contributed by atoms with Gasteiger partial charge in [-0.3, -0.25) is 14.9 Å². The molecular formula is C16H16ClN5O3S. The molecule has 26 heavy (non-hydrogen) atoms. The summed E-state index contributed by atoms with van der Waals surface area (Å²) in [6, 6.07) is 4.40. The predicted molar refractivity (Wildman–Crippen MR) is 97.7 cm³/mol. The minimum Gasteiger partial charge on any atom is -0.324 e. The first-order chi connectivity index (χ1) is 12.5. The van der Waals surface area contributed by atoms with Gasteiger partial charge in [0, 0.05) is 24.1 Å². The Hall–Kier alpha value is -2.13. The fraction of sp³-hybridized carbons (Fsp3) is 0.438. The van der Waals surface area contributed by atoms with Gasteiger partial charge in [-0.05, 0) is 31.7 Å². The van der Waals surface area contributed by atoms with Gasteiger partial charge in [0.25, 0.3) is 5.69 Å². The monoisotopic (exact) mass is 393 g/mol. The van der Waals surface area contributed by atoms with Crippen LogP contribution in [0.3, 0.4) is 0 Å². The smallest absolute Gasteiger partial charge is 0.271 e. The third kappa shape index (κ3) is 3.68. The highest BCUT2D eigenvalue weighted by Crippen LogP contribution is 2.46. The quantitative estimate of drug-likeness (QED) is 0.436. The van der Waals surface area contributed by atoms with E-state index in [1.54, 1.807) is 0 Å². The summed E-state index contributed by atoms with van der Waals surface area (Å²) in [6.45, 7) is 0. The molecule has 0 radical (unpaired) electrons. The minimum atomic E-state index is -0.530. The van der Waals surface area contributed by atoms with Crippen molar-refractivity contribution in [1.29, 1.82) is 0 Å². The van der Waals surface area contributed by atoms with Crippen molar-refractivity contribution in [2.45, 2.75) is 42.8 Å². The van der Waals surface area contributed by atoms with Crippen LogP contribution in [0.4, 0.5) is 11.4 Å². The first kappa shape index (κ1) is 17.3. The third-order valence-electron chi connectivity index (χ3n) is 4.31. The second kappa shape index (κ2) is 6.88. The number of carbonyl (C=O) groups excluding carboxylic acids is 1. The maximum atomic E-state index is 12.3. The van der Waals surface area contributed by atoms with Crippen molar-refractivity contribution >= 4 is 40.6 Å². The van der Waals surface area contributed by atoms with E-state index in [2.05, 4.69) is 20.1 Å². The number of carbonyl (C=O) groups is 1. The Morgan fingerprint density at radius 1 is 1.35 bits per heavy atom. The number of benzene rings is 1. The van der Waals surface area contributed by atoms with E-state index in [0.29, 0.717) is 12.0 Å². The summed E-state index contributed by atoms with van der Waals surface area (Å²) >= 11 is 7.34. The molecule has 0 atom stereocenters. The molecule has 1 amide bonds. The van der Waals surface area contributed by atoms with Crippen LogP contribution in [0.25, 0.3) is 0 Å². The fourth-order valence-corrected chi connectivity index (χ4v) is 3.70. The Morgan fingerprint density at radius 2 is 2.12 bits per heavy atom. The van der Waals surface area contributed by atoms with Gasteiger partial charge in [0.05, 0.1) is 21.4 Å². The predicted octanol–water partition coefficient (Wildman–Crippen LogP) is 3.78. The molecule has 2 saturated carbocycles. The summed E-state index contributed by atoms with van der Waals surface area (Å²) in [5.41, 5.74) is 0.105. The van der Waals surface area contributed by atoms with E-state index in [-0.39, 0.29) is 28.1 Å². The number of thioether (sulfide) groups is 1. The van der Waals surface area contributed by atoms with Crippen molar-refractivity contribution in [1.82, 2.24) is 14.8 Å². The van der Waals surface area contributed by atoms with Crippen LogP contribution in [0, 0.1) is 10.1 Å². The maximum Gasteiger partial charge on any atom is 0.271 e. The van der Waals surface area contributed by atoms with Crippen molar-refractivity contribution in [3.63, 3.8) is 0 Å². The molecule has 0 spiro atoms. The van der Waals surface area contributed by atoms with Gasteiger partial charge in [0.2, 0.25) is 5.91 Å². The highest BCUT2D eigenvalue weighted by molar-refractivity contribution is 7.99. The lowest BCUT2D eigenvalue weighted by Crippen LogP contribution is -2.15. The molecule has 0 unspecified atom stereocenters. The van der Waals surface area contributed by atoms with Crippen LogP contribution in [0.1, 0.15) is 43.5 Å². The summed E-state index contributed by atoms with van der Waals surface area (Å²) in [5, 5.41) is 23.1. The average Bonchev–Trinajstić information content (AvgIpc) is 3.53. The van der Waals surface area contributed by atoms with Crippen molar-refractivity contribution in [3.8, 4) is 0 Å². The Balaban J connectivity index is 1.42. The van der Waals surface area contributed by atoms with Gasteiger partial charge in [-0.2, -0.15) is 0 Å². The number of aromatic nitrogens is 3. The van der Waals surface area contributed by atoms with Crippen molar-refractivity contribution in [3.05, 3.63) is 39.2 Å². The summed E-state index contributed by atoms with van der Waals surface area (Å²) < 4.78 is 2.18. The number of anilines is 1. The molecule has 2 fully saturated rings. The number of hydrogen-bond donors (Lipinski definition) is 1. The Bertz CT molecular complexity index is 879. The molecule has 0 aliphatic heterocycles. The zero-order valence-electron chi connectivity index (χ0n) is 13.7. The van der Waals surface area contributed by atoms with E-state index >= 15 is 0 Å². The number of nitro groups is 1. The molecule has 0 saturated heterocycles. The number of nitrogens with zero attached hydrogens (tertiary/aromatic N) is 4. The largest absolute Gasteiger partial charge is 0.324 e. The molecule has 1 aromatic carbocycles. The number of hydrogen-bond acceptors (Lipinski definition) is 6. The summed E-state index contributed by atoms with van der Waals surface area (Å²) in [4.78, 5) is 22.6. The topological polar surface area (TPSA) is 103 Å². The summed E-state index contributed by atoms with van der Waals surface area (Å²) in [7, 11) is 0. The highest BCUT2D eigenvalue weighted by Gasteiger charge is 2.36. The first-order valence-electron chi connectivity index (χ1n) is 8.34. The van der Waals surface area contributed by atoms with Crippen LogP contribution in [0.15, 0.2) is 23.4 Å². The zero-order chi connectivity index (χ0) is 18.3. The highest BCUT2D eigenvalue weighted by atomic mass is 35.5. The normalized spacial score (nSPS) is 16.5. The van der Waals surface area contributed by atoms with Gasteiger partial charge in [0.1, 0.15) is 5.82 Å². The molecule has 1 aromatic heterocycles. The van der Waals surface area contributed by atoms with E-state index in [1.807, 2.05) is 0 Å². The number of nitro benzene ring substituents is 1. The molecule has 136 valence electrons. The molecule has 8 nitrogen and oxygen atoms in total. The lowest BCUT2D eigenvalue weighted by molar-refractivity contribution is -0.384. The van der Waals surface area contributed by atoms with Crippen molar-refractivity contribution in [2.75, 3.05) is 11.1 Å². The van der Waals surface area contributed by atoms with Crippen LogP contribution in [-0.4, -0.2) is 31.3 Å². The zero-order valence-corrected chi connectivity index (χ0v) is 15.3. The number of nitrogens with one attached hydrogen (secondary N) is 1. The van der Waals surface area contributed by atoms with Crippen LogP contribution >= 0.6 is 23.4 Å². The van der Waals surface area contributed by atoms with E-state index < -0.39 is 4.92 Å². The van der Waals surface area contributed by atoms with Gasteiger partial charge in [-0.15, -0.1) is 10.2 Å². The molecule has 1 N–H and O–H groups in total. The van der Waals surface area contributed by atoms with Gasteiger partial charge in [-0.25, -0.2) is 0 Å². The van der Waals surface area contributed by atoms with E-state index in [0.717, 1.165) is 36.7 Å². The van der Waals surface area contributed by atoms with E-state index in [1.165, 1.54) is 30.0 Å². The SMILES string of the molecule is O=C(CSc1nnc(C2CC2)n1C1CC1)Nc1cc([N+](=O)[O-])ccc1Cl. The fourth-order valence-electron chi connectivity index (χ4n) is 2.72. The maximum absolute atomic E-state index is 12.3. The molecular weight excluding hydrogens is 378 g/mol. The number of amides is 1. The third-order valence-corrected chi connectivity index (χ3v) is 5.59. The van der Waals surface area contributed by atoms with Crippen LogP contribution in [0.5, 0.6) is 0 Å². The number of halogens is 1. The summed E-state index contributed by atoms with van der Waals surface area (Å²) in [5.74, 6) is 1.39. The molecule has 2 aromatic rings. The van der Waals surface area contributed by atoms with Crippen LogP contribution in [0.2, 0.25) is 5.02 Å². The van der Waals surface area contributed by atoms with E-state index in [4.69, 9.17) is 11.6 Å². The molecule has 10 heteroatoms. The standard InChI is InChI=1S/C16H16ClN5O3S/c17-12-6-5-11(22(24)25)7-13(12)18-14(23)8-26-16-20-19-15(9-1-2-9)21(16)10-3-4-10/h5-7,9-10H,1-4,8H2,(H,18,23). The van der Waals surface area contributed by atoms with Gasteiger partial charge >= 0.3 is 0 Å². The lowest BCUT2D eigenvalue weighted by atomic mass is 10.3. The second-order valence-electron chi connectivity index (χ2n) is 6.47. The molecule has 4 rings (SSSR count).